The maximum atomic E-state index is 9.55. The molecule has 0 spiro atoms. The Morgan fingerprint density at radius 2 is 1.71 bits per heavy atom. The van der Waals surface area contributed by atoms with E-state index in [1.165, 1.54) is 0 Å². The zero-order valence-electron chi connectivity index (χ0n) is 18.7. The summed E-state index contributed by atoms with van der Waals surface area (Å²) < 4.78 is 5.72. The van der Waals surface area contributed by atoms with Crippen LogP contribution in [0.15, 0.2) is 59.9 Å². The number of para-hydroxylation sites is 2. The number of ether oxygens (including phenoxy) is 1. The van der Waals surface area contributed by atoms with E-state index in [2.05, 4.69) is 30.1 Å². The summed E-state index contributed by atoms with van der Waals surface area (Å²) in [6, 6.07) is 9.82. The van der Waals surface area contributed by atoms with Gasteiger partial charge in [-0.15, -0.1) is 0 Å². The highest BCUT2D eigenvalue weighted by Crippen LogP contribution is 2.26. The van der Waals surface area contributed by atoms with E-state index in [0.717, 1.165) is 68.9 Å². The lowest BCUT2D eigenvalue weighted by atomic mass is 10.2. The van der Waals surface area contributed by atoms with Gasteiger partial charge in [0, 0.05) is 63.8 Å². The van der Waals surface area contributed by atoms with Crippen LogP contribution in [-0.2, 0) is 9.59 Å². The largest absolute Gasteiger partial charge is 0.484 e. The van der Waals surface area contributed by atoms with Crippen LogP contribution in [0.5, 0.6) is 5.75 Å². The molecule has 2 aliphatic rings. The van der Waals surface area contributed by atoms with Crippen molar-refractivity contribution in [2.45, 2.75) is 6.42 Å². The normalized spacial score (nSPS) is 16.7. The van der Waals surface area contributed by atoms with Crippen molar-refractivity contribution in [3.8, 4) is 5.75 Å². The van der Waals surface area contributed by atoms with Crippen molar-refractivity contribution in [2.75, 3.05) is 56.1 Å². The second-order valence-corrected chi connectivity index (χ2v) is 7.48. The van der Waals surface area contributed by atoms with Crippen LogP contribution in [0, 0.1) is 0 Å². The molecule has 4 rings (SSSR count). The van der Waals surface area contributed by atoms with Crippen molar-refractivity contribution in [1.82, 2.24) is 14.9 Å². The molecule has 2 aromatic rings. The standard InChI is InChI=1S/C19H24N6O.C4H4O4/c1-2-6-17-16(5-1)23-18(15-26-17)20-9-4-10-24-11-13-25(14-12-24)19-21-7-3-8-22-19;5-3(6)1-2-4(7)8/h1-3,5-8H,4,9-15H2,(H,20,23);1-2H,(H,5,6)(H,7,8)/b;2-1+. The van der Waals surface area contributed by atoms with Gasteiger partial charge in [0.15, 0.2) is 0 Å². The molecule has 11 nitrogen and oxygen atoms in total. The first-order valence-electron chi connectivity index (χ1n) is 10.9. The van der Waals surface area contributed by atoms with Gasteiger partial charge in [-0.3, -0.25) is 9.89 Å². The Kier molecular flexibility index (Phi) is 9.35. The van der Waals surface area contributed by atoms with Crippen molar-refractivity contribution in [3.05, 3.63) is 54.9 Å². The average Bonchev–Trinajstić information content (AvgIpc) is 2.86. The van der Waals surface area contributed by atoms with Crippen LogP contribution in [0.1, 0.15) is 6.42 Å². The van der Waals surface area contributed by atoms with Gasteiger partial charge in [-0.1, -0.05) is 12.1 Å². The van der Waals surface area contributed by atoms with Gasteiger partial charge < -0.3 is 25.2 Å². The monoisotopic (exact) mass is 468 g/mol. The maximum Gasteiger partial charge on any atom is 0.328 e. The molecule has 0 saturated carbocycles. The van der Waals surface area contributed by atoms with Gasteiger partial charge in [0.1, 0.15) is 18.2 Å². The van der Waals surface area contributed by atoms with E-state index >= 15 is 0 Å². The van der Waals surface area contributed by atoms with Crippen LogP contribution in [0.3, 0.4) is 0 Å². The Bertz CT molecular complexity index is 990. The maximum absolute atomic E-state index is 9.55. The zero-order valence-corrected chi connectivity index (χ0v) is 18.7. The van der Waals surface area contributed by atoms with Crippen molar-refractivity contribution in [2.24, 2.45) is 4.99 Å². The molecule has 0 amide bonds. The number of carbonyl (C=O) groups is 2. The molecule has 0 aliphatic carbocycles. The summed E-state index contributed by atoms with van der Waals surface area (Å²) in [6.45, 7) is 6.45. The third kappa shape index (κ3) is 8.17. The van der Waals surface area contributed by atoms with Gasteiger partial charge in [0.2, 0.25) is 5.95 Å². The predicted octanol–water partition coefficient (Wildman–Crippen LogP) is 1.60. The molecule has 1 aromatic heterocycles. The second kappa shape index (κ2) is 12.9. The van der Waals surface area contributed by atoms with E-state index < -0.39 is 11.9 Å². The number of nitrogens with zero attached hydrogens (tertiary/aromatic N) is 5. The third-order valence-corrected chi connectivity index (χ3v) is 5.04. The van der Waals surface area contributed by atoms with Crippen LogP contribution in [0.2, 0.25) is 0 Å². The smallest absolute Gasteiger partial charge is 0.328 e. The molecule has 0 radical (unpaired) electrons. The second-order valence-electron chi connectivity index (χ2n) is 7.48. The molecular formula is C23H28N6O5. The van der Waals surface area contributed by atoms with Crippen molar-refractivity contribution in [3.63, 3.8) is 0 Å². The number of amidine groups is 1. The zero-order chi connectivity index (χ0) is 24.2. The Balaban J connectivity index is 0.000000350. The highest BCUT2D eigenvalue weighted by molar-refractivity contribution is 5.99. The first-order chi connectivity index (χ1) is 16.5. The number of aliphatic carboxylic acids is 2. The van der Waals surface area contributed by atoms with Crippen LogP contribution in [0.4, 0.5) is 11.6 Å². The molecule has 1 saturated heterocycles. The summed E-state index contributed by atoms with van der Waals surface area (Å²) in [6.07, 6.45) is 5.77. The molecular weight excluding hydrogens is 440 g/mol. The Hall–Kier alpha value is -3.99. The molecule has 0 unspecified atom stereocenters. The van der Waals surface area contributed by atoms with E-state index in [9.17, 15) is 9.59 Å². The van der Waals surface area contributed by atoms with Crippen molar-refractivity contribution in [1.29, 1.82) is 0 Å². The third-order valence-electron chi connectivity index (χ3n) is 5.04. The summed E-state index contributed by atoms with van der Waals surface area (Å²) in [4.78, 5) is 37.2. The molecule has 3 heterocycles. The van der Waals surface area contributed by atoms with Crippen LogP contribution < -0.4 is 15.0 Å². The molecule has 34 heavy (non-hydrogen) atoms. The minimum Gasteiger partial charge on any atom is -0.484 e. The molecule has 1 aromatic carbocycles. The van der Waals surface area contributed by atoms with Gasteiger partial charge in [0.05, 0.1) is 5.69 Å². The van der Waals surface area contributed by atoms with E-state index in [1.54, 1.807) is 12.4 Å². The molecule has 0 bridgehead atoms. The van der Waals surface area contributed by atoms with Crippen LogP contribution in [0.25, 0.3) is 0 Å². The topological polar surface area (TPSA) is 140 Å². The summed E-state index contributed by atoms with van der Waals surface area (Å²) >= 11 is 0. The lowest BCUT2D eigenvalue weighted by molar-refractivity contribution is -0.134. The number of benzene rings is 1. The fourth-order valence-electron chi connectivity index (χ4n) is 3.40. The van der Waals surface area contributed by atoms with Gasteiger partial charge in [-0.25, -0.2) is 19.6 Å². The van der Waals surface area contributed by atoms with E-state index in [-0.39, 0.29) is 0 Å². The molecule has 3 N–H and O–H groups in total. The number of anilines is 2. The quantitative estimate of drug-likeness (QED) is 0.405. The van der Waals surface area contributed by atoms with E-state index in [0.29, 0.717) is 18.8 Å². The minimum absolute atomic E-state index is 0.521. The highest BCUT2D eigenvalue weighted by Gasteiger charge is 2.18. The molecule has 11 heteroatoms. The number of fused-ring (bicyclic) bond motifs is 1. The number of aromatic nitrogens is 2. The summed E-state index contributed by atoms with van der Waals surface area (Å²) in [5, 5.41) is 19.0. The predicted molar refractivity (Wildman–Crippen MR) is 128 cm³/mol. The molecule has 0 atom stereocenters. The van der Waals surface area contributed by atoms with Crippen LogP contribution in [-0.4, -0.2) is 88.7 Å². The van der Waals surface area contributed by atoms with Crippen molar-refractivity contribution < 1.29 is 24.5 Å². The number of rotatable bonds is 7. The fraction of sp³-hybridized carbons (Fsp3) is 0.348. The summed E-state index contributed by atoms with van der Waals surface area (Å²) in [7, 11) is 0. The number of hydrogen-bond donors (Lipinski definition) is 3. The Morgan fingerprint density at radius 1 is 1.03 bits per heavy atom. The van der Waals surface area contributed by atoms with Gasteiger partial charge in [0.25, 0.3) is 0 Å². The molecule has 180 valence electrons. The molecule has 2 aliphatic heterocycles. The van der Waals surface area contributed by atoms with Crippen LogP contribution >= 0.6 is 0 Å². The number of carboxylic acid groups (broad SMARTS) is 2. The minimum atomic E-state index is -1.26. The highest BCUT2D eigenvalue weighted by atomic mass is 16.5. The number of carboxylic acids is 2. The number of hydrogen-bond acceptors (Lipinski definition) is 8. The van der Waals surface area contributed by atoms with Crippen molar-refractivity contribution >= 4 is 29.4 Å². The lowest BCUT2D eigenvalue weighted by Gasteiger charge is -2.34. The Morgan fingerprint density at radius 3 is 2.38 bits per heavy atom. The first-order valence-corrected chi connectivity index (χ1v) is 10.9. The van der Waals surface area contributed by atoms with Gasteiger partial charge in [-0.05, 0) is 24.6 Å². The van der Waals surface area contributed by atoms with E-state index in [1.807, 2.05) is 30.3 Å². The fourth-order valence-corrected chi connectivity index (χ4v) is 3.40. The Labute approximate surface area is 197 Å². The van der Waals surface area contributed by atoms with E-state index in [4.69, 9.17) is 14.9 Å². The lowest BCUT2D eigenvalue weighted by Crippen LogP contribution is -2.47. The first kappa shape index (κ1) is 24.6. The van der Waals surface area contributed by atoms with Gasteiger partial charge >= 0.3 is 11.9 Å². The number of piperazine rings is 1. The SMILES string of the molecule is O=C(O)/C=C/C(=O)O.c1cnc(N2CCN(CCCN=C3COc4ccccc4N3)CC2)nc1. The summed E-state index contributed by atoms with van der Waals surface area (Å²) in [5.41, 5.74) is 0.997. The average molecular weight is 469 g/mol. The summed E-state index contributed by atoms with van der Waals surface area (Å²) in [5.74, 6) is 0.128. The van der Waals surface area contributed by atoms with Gasteiger partial charge in [-0.2, -0.15) is 0 Å². The number of aliphatic imine (C=N–C) groups is 1. The molecule has 1 fully saturated rings. The number of nitrogens with one attached hydrogen (secondary N) is 1.